The molecule has 19 heavy (non-hydrogen) atoms. The molecule has 6 heteroatoms. The predicted molar refractivity (Wildman–Crippen MR) is 75.6 cm³/mol. The SMILES string of the molecule is COc1ccc(N(C)c2nc(NN)ncc2C)cc1. The molecule has 0 amide bonds. The Hall–Kier alpha value is -2.34. The van der Waals surface area contributed by atoms with E-state index in [9.17, 15) is 0 Å². The molecule has 0 bridgehead atoms. The van der Waals surface area contributed by atoms with Crippen molar-refractivity contribution in [3.8, 4) is 5.75 Å². The van der Waals surface area contributed by atoms with Crippen LogP contribution in [0, 0.1) is 6.92 Å². The van der Waals surface area contributed by atoms with Gasteiger partial charge < -0.3 is 9.64 Å². The van der Waals surface area contributed by atoms with Gasteiger partial charge in [0.05, 0.1) is 7.11 Å². The Morgan fingerprint density at radius 2 is 1.95 bits per heavy atom. The maximum absolute atomic E-state index is 5.34. The summed E-state index contributed by atoms with van der Waals surface area (Å²) in [7, 11) is 3.59. The van der Waals surface area contributed by atoms with Gasteiger partial charge in [0.25, 0.3) is 0 Å². The van der Waals surface area contributed by atoms with E-state index in [2.05, 4.69) is 15.4 Å². The lowest BCUT2D eigenvalue weighted by atomic mass is 10.2. The molecule has 0 saturated heterocycles. The molecule has 0 saturated carbocycles. The van der Waals surface area contributed by atoms with Crippen LogP contribution in [0.3, 0.4) is 0 Å². The number of anilines is 3. The van der Waals surface area contributed by atoms with E-state index >= 15 is 0 Å². The van der Waals surface area contributed by atoms with Crippen LogP contribution in [-0.2, 0) is 0 Å². The number of nitrogens with two attached hydrogens (primary N) is 1. The first-order valence-electron chi connectivity index (χ1n) is 5.83. The number of methoxy groups -OCH3 is 1. The Kier molecular flexibility index (Phi) is 3.82. The quantitative estimate of drug-likeness (QED) is 0.644. The van der Waals surface area contributed by atoms with Gasteiger partial charge in [0.15, 0.2) is 0 Å². The van der Waals surface area contributed by atoms with E-state index in [0.717, 1.165) is 22.8 Å². The smallest absolute Gasteiger partial charge is 0.239 e. The van der Waals surface area contributed by atoms with Crippen molar-refractivity contribution in [2.45, 2.75) is 6.92 Å². The molecule has 1 heterocycles. The zero-order chi connectivity index (χ0) is 13.8. The molecule has 0 unspecified atom stereocenters. The number of benzene rings is 1. The lowest BCUT2D eigenvalue weighted by Gasteiger charge is -2.20. The summed E-state index contributed by atoms with van der Waals surface area (Å²) in [5.74, 6) is 7.34. The van der Waals surface area contributed by atoms with Crippen LogP contribution in [0.1, 0.15) is 5.56 Å². The van der Waals surface area contributed by atoms with E-state index in [1.807, 2.05) is 43.1 Å². The second-order valence-corrected chi connectivity index (χ2v) is 4.10. The van der Waals surface area contributed by atoms with Gasteiger partial charge in [-0.1, -0.05) is 0 Å². The number of aryl methyl sites for hydroxylation is 1. The Labute approximate surface area is 112 Å². The standard InChI is InChI=1S/C13H17N5O/c1-9-8-15-13(17-14)16-12(9)18(2)10-4-6-11(19-3)7-5-10/h4-8H,14H2,1-3H3,(H,15,16,17). The van der Waals surface area contributed by atoms with Gasteiger partial charge in [0.1, 0.15) is 11.6 Å². The van der Waals surface area contributed by atoms with Crippen LogP contribution in [-0.4, -0.2) is 24.1 Å². The Bertz CT molecular complexity index is 555. The van der Waals surface area contributed by atoms with E-state index in [1.54, 1.807) is 13.3 Å². The van der Waals surface area contributed by atoms with Gasteiger partial charge in [-0.15, -0.1) is 0 Å². The number of nitrogens with zero attached hydrogens (tertiary/aromatic N) is 3. The van der Waals surface area contributed by atoms with E-state index in [-0.39, 0.29) is 0 Å². The molecule has 1 aromatic heterocycles. The summed E-state index contributed by atoms with van der Waals surface area (Å²) >= 11 is 0. The zero-order valence-electron chi connectivity index (χ0n) is 11.2. The predicted octanol–water partition coefficient (Wildman–Crippen LogP) is 1.85. The monoisotopic (exact) mass is 259 g/mol. The summed E-state index contributed by atoms with van der Waals surface area (Å²) in [6.07, 6.45) is 1.73. The Morgan fingerprint density at radius 3 is 2.53 bits per heavy atom. The third-order valence-corrected chi connectivity index (χ3v) is 2.85. The fraction of sp³-hybridized carbons (Fsp3) is 0.231. The molecule has 6 nitrogen and oxygen atoms in total. The third kappa shape index (κ3) is 2.74. The van der Waals surface area contributed by atoms with E-state index in [4.69, 9.17) is 10.6 Å². The molecule has 0 atom stereocenters. The third-order valence-electron chi connectivity index (χ3n) is 2.85. The second-order valence-electron chi connectivity index (χ2n) is 4.10. The first-order chi connectivity index (χ1) is 9.15. The Morgan fingerprint density at radius 1 is 1.26 bits per heavy atom. The van der Waals surface area contributed by atoms with Gasteiger partial charge in [-0.25, -0.2) is 10.8 Å². The van der Waals surface area contributed by atoms with Crippen LogP contribution in [0.25, 0.3) is 0 Å². The molecule has 1 aromatic carbocycles. The summed E-state index contributed by atoms with van der Waals surface area (Å²) < 4.78 is 5.14. The van der Waals surface area contributed by atoms with Crippen molar-refractivity contribution >= 4 is 17.5 Å². The maximum atomic E-state index is 5.34. The zero-order valence-corrected chi connectivity index (χ0v) is 11.2. The topological polar surface area (TPSA) is 76.3 Å². The minimum absolute atomic E-state index is 0.390. The van der Waals surface area contributed by atoms with Crippen LogP contribution in [0.5, 0.6) is 5.75 Å². The molecule has 3 N–H and O–H groups in total. The van der Waals surface area contributed by atoms with Crippen molar-refractivity contribution in [3.05, 3.63) is 36.0 Å². The van der Waals surface area contributed by atoms with Gasteiger partial charge in [-0.05, 0) is 31.2 Å². The summed E-state index contributed by atoms with van der Waals surface area (Å²) in [5.41, 5.74) is 4.43. The van der Waals surface area contributed by atoms with E-state index in [0.29, 0.717) is 5.95 Å². The number of ether oxygens (including phenoxy) is 1. The number of aromatic nitrogens is 2. The van der Waals surface area contributed by atoms with Crippen LogP contribution in [0.4, 0.5) is 17.5 Å². The summed E-state index contributed by atoms with van der Waals surface area (Å²) in [4.78, 5) is 10.4. The Balaban J connectivity index is 2.34. The van der Waals surface area contributed by atoms with Crippen molar-refractivity contribution in [1.82, 2.24) is 9.97 Å². The lowest BCUT2D eigenvalue weighted by Crippen LogP contribution is -2.16. The highest BCUT2D eigenvalue weighted by atomic mass is 16.5. The lowest BCUT2D eigenvalue weighted by molar-refractivity contribution is 0.415. The van der Waals surface area contributed by atoms with E-state index in [1.165, 1.54) is 0 Å². The number of hydrogen-bond donors (Lipinski definition) is 2. The summed E-state index contributed by atoms with van der Waals surface area (Å²) in [6, 6.07) is 7.75. The van der Waals surface area contributed by atoms with Gasteiger partial charge in [0.2, 0.25) is 5.95 Å². The largest absolute Gasteiger partial charge is 0.497 e. The highest BCUT2D eigenvalue weighted by molar-refractivity contribution is 5.63. The molecule has 0 aliphatic rings. The second kappa shape index (κ2) is 5.53. The van der Waals surface area contributed by atoms with Crippen LogP contribution in [0.15, 0.2) is 30.5 Å². The van der Waals surface area contributed by atoms with Crippen LogP contribution < -0.4 is 20.9 Å². The minimum Gasteiger partial charge on any atom is -0.497 e. The van der Waals surface area contributed by atoms with E-state index < -0.39 is 0 Å². The molecule has 100 valence electrons. The van der Waals surface area contributed by atoms with Gasteiger partial charge in [0, 0.05) is 24.5 Å². The number of rotatable bonds is 4. The highest BCUT2D eigenvalue weighted by Gasteiger charge is 2.10. The average molecular weight is 259 g/mol. The normalized spacial score (nSPS) is 10.1. The number of nitrogen functional groups attached to an aromatic ring is 1. The van der Waals surface area contributed by atoms with Crippen molar-refractivity contribution in [1.29, 1.82) is 0 Å². The molecule has 0 aliphatic carbocycles. The van der Waals surface area contributed by atoms with Crippen molar-refractivity contribution < 1.29 is 4.74 Å². The first-order valence-corrected chi connectivity index (χ1v) is 5.83. The van der Waals surface area contributed by atoms with Crippen molar-refractivity contribution in [2.75, 3.05) is 24.5 Å². The number of hydrogen-bond acceptors (Lipinski definition) is 6. The molecule has 0 spiro atoms. The molecular formula is C13H17N5O. The van der Waals surface area contributed by atoms with Crippen LogP contribution in [0.2, 0.25) is 0 Å². The molecule has 0 aliphatic heterocycles. The van der Waals surface area contributed by atoms with Crippen LogP contribution >= 0.6 is 0 Å². The first kappa shape index (κ1) is 13.1. The van der Waals surface area contributed by atoms with Gasteiger partial charge in [-0.2, -0.15) is 4.98 Å². The minimum atomic E-state index is 0.390. The van der Waals surface area contributed by atoms with Crippen molar-refractivity contribution in [2.24, 2.45) is 5.84 Å². The van der Waals surface area contributed by atoms with Crippen molar-refractivity contribution in [3.63, 3.8) is 0 Å². The maximum Gasteiger partial charge on any atom is 0.239 e. The summed E-state index contributed by atoms with van der Waals surface area (Å²) in [6.45, 7) is 1.95. The molecule has 2 aromatic rings. The fourth-order valence-electron chi connectivity index (χ4n) is 1.77. The molecule has 0 radical (unpaired) electrons. The molecule has 0 fully saturated rings. The average Bonchev–Trinajstić information content (AvgIpc) is 2.47. The highest BCUT2D eigenvalue weighted by Crippen LogP contribution is 2.26. The number of hydrazine groups is 1. The number of nitrogens with one attached hydrogen (secondary N) is 1. The van der Waals surface area contributed by atoms with Gasteiger partial charge >= 0.3 is 0 Å². The molecular weight excluding hydrogens is 242 g/mol. The molecule has 2 rings (SSSR count). The fourth-order valence-corrected chi connectivity index (χ4v) is 1.77. The van der Waals surface area contributed by atoms with Gasteiger partial charge in [-0.3, -0.25) is 5.43 Å². The summed E-state index contributed by atoms with van der Waals surface area (Å²) in [5, 5.41) is 0.